The van der Waals surface area contributed by atoms with Crippen molar-refractivity contribution in [2.45, 2.75) is 6.61 Å². The number of nitrogens with zero attached hydrogens (tertiary/aromatic N) is 2. The van der Waals surface area contributed by atoms with Gasteiger partial charge in [0.05, 0.1) is 11.5 Å². The van der Waals surface area contributed by atoms with E-state index in [1.54, 1.807) is 24.5 Å². The van der Waals surface area contributed by atoms with Gasteiger partial charge in [0.25, 0.3) is 5.69 Å². The van der Waals surface area contributed by atoms with Crippen LogP contribution in [0.5, 0.6) is 0 Å². The highest BCUT2D eigenvalue weighted by molar-refractivity contribution is 7.81. The van der Waals surface area contributed by atoms with E-state index in [-0.39, 0.29) is 28.5 Å². The lowest BCUT2D eigenvalue weighted by atomic mass is 10.1. The van der Waals surface area contributed by atoms with Crippen LogP contribution in [-0.2, 0) is 6.61 Å². The maximum absolute atomic E-state index is 13.5. The number of hydrogen-bond acceptors (Lipinski definition) is 5. The number of rotatable bonds is 6. The van der Waals surface area contributed by atoms with Gasteiger partial charge in [0, 0.05) is 34.8 Å². The zero-order chi connectivity index (χ0) is 23.4. The Morgan fingerprint density at radius 3 is 2.58 bits per heavy atom. The second-order valence-corrected chi connectivity index (χ2v) is 7.65. The average molecular weight is 458 g/mol. The van der Waals surface area contributed by atoms with Crippen molar-refractivity contribution in [1.29, 1.82) is 0 Å². The Hall–Kier alpha value is -4.14. The summed E-state index contributed by atoms with van der Waals surface area (Å²) >= 11 is 5.66. The molecule has 0 bridgehead atoms. The minimum absolute atomic E-state index is 0.105. The Kier molecular flexibility index (Phi) is 6.39. The summed E-state index contributed by atoms with van der Waals surface area (Å²) in [6.07, 6.45) is 3.24. The summed E-state index contributed by atoms with van der Waals surface area (Å²) in [6, 6.07) is 22.4. The summed E-state index contributed by atoms with van der Waals surface area (Å²) in [5.74, 6) is -0.489. The summed E-state index contributed by atoms with van der Waals surface area (Å²) in [5, 5.41) is 39.4. The molecule has 0 radical (unpaired) electrons. The third kappa shape index (κ3) is 4.72. The first-order chi connectivity index (χ1) is 16.0. The normalized spacial score (nSPS) is 11.7. The van der Waals surface area contributed by atoms with Gasteiger partial charge in [0.2, 0.25) is 5.70 Å². The van der Waals surface area contributed by atoms with Crippen molar-refractivity contribution < 1.29 is 19.7 Å². The lowest BCUT2D eigenvalue weighted by Crippen LogP contribution is -2.40. The van der Waals surface area contributed by atoms with Crippen LogP contribution in [0.2, 0.25) is 0 Å². The average Bonchev–Trinajstić information content (AvgIpc) is 2.84. The Balaban J connectivity index is 1.85. The molecule has 7 nitrogen and oxygen atoms in total. The highest BCUT2D eigenvalue weighted by atomic mass is 32.1. The number of nitrogens with one attached hydrogen (secondary N) is 1. The molecule has 1 aromatic heterocycles. The molecule has 33 heavy (non-hydrogen) atoms. The predicted octanol–water partition coefficient (Wildman–Crippen LogP) is 3.65. The fraction of sp³-hybridized carbons (Fsp3) is 0.0400. The predicted molar refractivity (Wildman–Crippen MR) is 129 cm³/mol. The Morgan fingerprint density at radius 2 is 1.79 bits per heavy atom. The monoisotopic (exact) mass is 457 g/mol. The number of aromatic nitrogens is 1. The van der Waals surface area contributed by atoms with Crippen LogP contribution < -0.4 is 15.0 Å². The molecule has 0 amide bonds. The zero-order valence-electron chi connectivity index (χ0n) is 17.3. The quantitative estimate of drug-likeness (QED) is 0.114. The number of aliphatic hydroxyl groups is 1. The molecule has 0 spiro atoms. The molecule has 1 heterocycles. The summed E-state index contributed by atoms with van der Waals surface area (Å²) in [6.45, 7) is -0.220. The first-order valence-electron chi connectivity index (χ1n) is 10.0. The largest absolute Gasteiger partial charge is 0.867 e. The molecule has 0 atom stereocenters. The van der Waals surface area contributed by atoms with Gasteiger partial charge in [-0.2, -0.15) is 4.57 Å². The topological polar surface area (TPSA) is 102 Å². The van der Waals surface area contributed by atoms with Gasteiger partial charge in [-0.3, -0.25) is 10.1 Å². The van der Waals surface area contributed by atoms with E-state index in [1.165, 1.54) is 28.8 Å². The van der Waals surface area contributed by atoms with Crippen LogP contribution in [0.3, 0.4) is 0 Å². The van der Waals surface area contributed by atoms with Crippen LogP contribution in [-0.4, -0.2) is 15.0 Å². The molecule has 0 fully saturated rings. The molecular formula is C25H19N3O4S. The van der Waals surface area contributed by atoms with Gasteiger partial charge in [-0.05, 0) is 28.8 Å². The molecule has 4 rings (SSSR count). The number of non-ortho nitro benzene ring substituents is 1. The molecule has 8 heteroatoms. The molecule has 0 saturated heterocycles. The fourth-order valence-corrected chi connectivity index (χ4v) is 3.82. The number of benzene rings is 3. The van der Waals surface area contributed by atoms with E-state index in [0.29, 0.717) is 5.56 Å². The SMILES string of the molecule is O=[N+]([O-])c1cccc(/C([O-])=C(/C(=S)Nc2cccc3ccccc23)[n+]2cccc(CO)c2)c1. The molecule has 4 aromatic rings. The van der Waals surface area contributed by atoms with E-state index in [2.05, 4.69) is 5.32 Å². The molecule has 164 valence electrons. The number of pyridine rings is 1. The minimum atomic E-state index is -0.553. The van der Waals surface area contributed by atoms with Crippen LogP contribution in [0.25, 0.3) is 22.2 Å². The van der Waals surface area contributed by atoms with E-state index >= 15 is 0 Å². The second kappa shape index (κ2) is 9.56. The van der Waals surface area contributed by atoms with Crippen LogP contribution in [0.1, 0.15) is 11.1 Å². The van der Waals surface area contributed by atoms with Crippen LogP contribution >= 0.6 is 12.2 Å². The van der Waals surface area contributed by atoms with Gasteiger partial charge in [-0.15, -0.1) is 0 Å². The van der Waals surface area contributed by atoms with Gasteiger partial charge in [0.15, 0.2) is 17.4 Å². The molecule has 2 N–H and O–H groups in total. The highest BCUT2D eigenvalue weighted by Crippen LogP contribution is 2.25. The number of fused-ring (bicyclic) bond motifs is 1. The molecule has 0 saturated carbocycles. The molecule has 0 unspecified atom stereocenters. The second-order valence-electron chi connectivity index (χ2n) is 7.24. The molecule has 3 aromatic carbocycles. The summed E-state index contributed by atoms with van der Waals surface area (Å²) in [7, 11) is 0. The van der Waals surface area contributed by atoms with Crippen molar-refractivity contribution in [2.24, 2.45) is 0 Å². The lowest BCUT2D eigenvalue weighted by Gasteiger charge is -2.17. The van der Waals surface area contributed by atoms with Crippen molar-refractivity contribution in [3.8, 4) is 0 Å². The van der Waals surface area contributed by atoms with Crippen LogP contribution in [0.4, 0.5) is 11.4 Å². The maximum atomic E-state index is 13.5. The first-order valence-corrected chi connectivity index (χ1v) is 10.5. The van der Waals surface area contributed by atoms with E-state index in [0.717, 1.165) is 16.5 Å². The minimum Gasteiger partial charge on any atom is -0.867 e. The number of thiocarbonyl (C=S) groups is 1. The van der Waals surface area contributed by atoms with E-state index in [4.69, 9.17) is 12.2 Å². The molecular weight excluding hydrogens is 438 g/mol. The maximum Gasteiger partial charge on any atom is 0.270 e. The Morgan fingerprint density at radius 1 is 1.03 bits per heavy atom. The van der Waals surface area contributed by atoms with Crippen LogP contribution in [0, 0.1) is 10.1 Å². The van der Waals surface area contributed by atoms with Crippen LogP contribution in [0.15, 0.2) is 91.3 Å². The number of nitro groups is 1. The number of aliphatic hydroxyl groups excluding tert-OH is 1. The van der Waals surface area contributed by atoms with Crippen molar-refractivity contribution in [2.75, 3.05) is 5.32 Å². The van der Waals surface area contributed by atoms with E-state index in [1.807, 2.05) is 42.5 Å². The fourth-order valence-electron chi connectivity index (χ4n) is 3.51. The van der Waals surface area contributed by atoms with Crippen molar-refractivity contribution in [1.82, 2.24) is 0 Å². The smallest absolute Gasteiger partial charge is 0.270 e. The first kappa shape index (κ1) is 22.1. The summed E-state index contributed by atoms with van der Waals surface area (Å²) < 4.78 is 1.52. The van der Waals surface area contributed by atoms with Gasteiger partial charge >= 0.3 is 0 Å². The Bertz CT molecular complexity index is 1400. The molecule has 0 aliphatic rings. The van der Waals surface area contributed by atoms with Gasteiger partial charge in [0.1, 0.15) is 0 Å². The number of nitro benzene ring substituents is 1. The Labute approximate surface area is 195 Å². The number of anilines is 1. The van der Waals surface area contributed by atoms with Gasteiger partial charge < -0.3 is 15.5 Å². The zero-order valence-corrected chi connectivity index (χ0v) is 18.2. The van der Waals surface area contributed by atoms with Crippen molar-refractivity contribution in [3.63, 3.8) is 0 Å². The lowest BCUT2D eigenvalue weighted by molar-refractivity contribution is -0.578. The van der Waals surface area contributed by atoms with Crippen molar-refractivity contribution in [3.05, 3.63) is 112 Å². The van der Waals surface area contributed by atoms with Gasteiger partial charge in [-0.25, -0.2) is 0 Å². The highest BCUT2D eigenvalue weighted by Gasteiger charge is 2.21. The van der Waals surface area contributed by atoms with E-state index < -0.39 is 10.7 Å². The van der Waals surface area contributed by atoms with Crippen molar-refractivity contribution >= 4 is 50.8 Å². The summed E-state index contributed by atoms with van der Waals surface area (Å²) in [5.41, 5.74) is 1.34. The standard InChI is InChI=1S/C25H19N3O4S/c29-16-17-6-5-13-27(15-17)23(24(30)19-9-3-10-20(14-19)28(31)32)25(33)26-22-12-4-8-18-7-1-2-11-21(18)22/h1-15,29H,16H2,(H-,26,30,33). The van der Waals surface area contributed by atoms with E-state index in [9.17, 15) is 20.3 Å². The third-order valence-corrected chi connectivity index (χ3v) is 5.39. The third-order valence-electron chi connectivity index (χ3n) is 5.09. The summed E-state index contributed by atoms with van der Waals surface area (Å²) in [4.78, 5) is 10.8. The molecule has 0 aliphatic carbocycles. The molecule has 0 aliphatic heterocycles. The number of hydrogen-bond donors (Lipinski definition) is 2. The van der Waals surface area contributed by atoms with Gasteiger partial charge in [-0.1, -0.05) is 60.7 Å².